The first-order chi connectivity index (χ1) is 14.8. The van der Waals surface area contributed by atoms with Gasteiger partial charge in [0.05, 0.1) is 29.4 Å². The Labute approximate surface area is 188 Å². The number of amides is 2. The first-order valence-corrected chi connectivity index (χ1v) is 9.88. The van der Waals surface area contributed by atoms with Crippen LogP contribution in [0, 0.1) is 0 Å². The lowest BCUT2D eigenvalue weighted by Gasteiger charge is -2.15. The second kappa shape index (κ2) is 9.72. The van der Waals surface area contributed by atoms with Crippen molar-refractivity contribution in [1.82, 2.24) is 5.43 Å². The minimum absolute atomic E-state index is 0.0756. The van der Waals surface area contributed by atoms with Crippen LogP contribution in [0.3, 0.4) is 0 Å². The molecular weight excluding hydrogens is 447 g/mol. The molecule has 1 N–H and O–H groups in total. The van der Waals surface area contributed by atoms with Crippen molar-refractivity contribution in [1.29, 1.82) is 0 Å². The third kappa shape index (κ3) is 5.10. The highest BCUT2D eigenvalue weighted by Crippen LogP contribution is 2.31. The smallest absolute Gasteiger partial charge is 0.344 e. The number of ether oxygens (including phenoxy) is 3. The minimum atomic E-state index is -0.572. The highest BCUT2D eigenvalue weighted by Gasteiger charge is 2.34. The van der Waals surface area contributed by atoms with Gasteiger partial charge < -0.3 is 14.2 Å². The Kier molecular flexibility index (Phi) is 7.04. The van der Waals surface area contributed by atoms with Gasteiger partial charge in [0.15, 0.2) is 18.1 Å². The van der Waals surface area contributed by atoms with E-state index in [0.29, 0.717) is 27.8 Å². The molecule has 0 radical (unpaired) electrons. The Morgan fingerprint density at radius 3 is 2.55 bits per heavy atom. The lowest BCUT2D eigenvalue weighted by molar-refractivity contribution is -0.145. The van der Waals surface area contributed by atoms with Crippen LogP contribution in [0.15, 0.2) is 42.0 Å². The highest BCUT2D eigenvalue weighted by molar-refractivity contribution is 6.42. The molecule has 2 aromatic carbocycles. The maximum atomic E-state index is 12.8. The number of carbonyl (C=O) groups excluding carboxylic acids is 3. The average Bonchev–Trinajstić information content (AvgIpc) is 3.03. The van der Waals surface area contributed by atoms with Gasteiger partial charge in [-0.05, 0) is 48.9 Å². The second-order valence-corrected chi connectivity index (χ2v) is 7.06. The zero-order valence-corrected chi connectivity index (χ0v) is 18.1. The summed E-state index contributed by atoms with van der Waals surface area (Å²) in [5, 5.41) is 1.67. The summed E-state index contributed by atoms with van der Waals surface area (Å²) in [6.07, 6.45) is 1.42. The number of esters is 1. The van der Waals surface area contributed by atoms with Crippen molar-refractivity contribution in [2.24, 2.45) is 0 Å². The largest absolute Gasteiger partial charge is 0.493 e. The van der Waals surface area contributed by atoms with Crippen LogP contribution in [0.4, 0.5) is 5.69 Å². The fourth-order valence-corrected chi connectivity index (χ4v) is 3.05. The molecule has 8 nitrogen and oxygen atoms in total. The van der Waals surface area contributed by atoms with E-state index < -0.39 is 17.8 Å². The maximum Gasteiger partial charge on any atom is 0.344 e. The summed E-state index contributed by atoms with van der Waals surface area (Å²) in [6, 6.07) is 9.34. The van der Waals surface area contributed by atoms with Crippen LogP contribution < -0.4 is 19.9 Å². The van der Waals surface area contributed by atoms with E-state index in [1.807, 2.05) is 0 Å². The molecule has 1 saturated heterocycles. The molecule has 0 unspecified atom stereocenters. The number of methoxy groups -OCH3 is 1. The van der Waals surface area contributed by atoms with E-state index >= 15 is 0 Å². The summed E-state index contributed by atoms with van der Waals surface area (Å²) in [6.45, 7) is 1.68. The molecule has 0 atom stereocenters. The number of hydrogen-bond acceptors (Lipinski definition) is 6. The van der Waals surface area contributed by atoms with Crippen LogP contribution in [0.25, 0.3) is 6.08 Å². The lowest BCUT2D eigenvalue weighted by Crippen LogP contribution is -2.35. The number of hydrazine groups is 1. The maximum absolute atomic E-state index is 12.8. The van der Waals surface area contributed by atoms with Crippen LogP contribution in [-0.2, 0) is 19.1 Å². The van der Waals surface area contributed by atoms with Crippen LogP contribution in [-0.4, -0.2) is 38.1 Å². The second-order valence-electron chi connectivity index (χ2n) is 6.24. The monoisotopic (exact) mass is 464 g/mol. The molecule has 31 heavy (non-hydrogen) atoms. The van der Waals surface area contributed by atoms with Gasteiger partial charge in [-0.3, -0.25) is 15.0 Å². The molecule has 2 aromatic rings. The first kappa shape index (κ1) is 22.5. The molecule has 0 spiro atoms. The molecular formula is C21H18Cl2N2O6. The van der Waals surface area contributed by atoms with Crippen LogP contribution in [0.5, 0.6) is 11.5 Å². The van der Waals surface area contributed by atoms with Crippen molar-refractivity contribution in [2.45, 2.75) is 6.92 Å². The summed E-state index contributed by atoms with van der Waals surface area (Å²) >= 11 is 11.9. The van der Waals surface area contributed by atoms with Crippen molar-refractivity contribution >= 4 is 52.7 Å². The van der Waals surface area contributed by atoms with Gasteiger partial charge in [0.25, 0.3) is 11.8 Å². The molecule has 162 valence electrons. The number of rotatable bonds is 7. The molecule has 0 bridgehead atoms. The SMILES string of the molecule is CCOC(=O)COc1ccc(C=C2C(=O)NN(c3ccc(Cl)c(Cl)c3)C2=O)cc1OC. The van der Waals surface area contributed by atoms with E-state index in [1.165, 1.54) is 25.3 Å². The van der Waals surface area contributed by atoms with Gasteiger partial charge in [0.1, 0.15) is 5.57 Å². The zero-order chi connectivity index (χ0) is 22.5. The average molecular weight is 465 g/mol. The number of nitrogens with zero attached hydrogens (tertiary/aromatic N) is 1. The first-order valence-electron chi connectivity index (χ1n) is 9.12. The van der Waals surface area contributed by atoms with Crippen LogP contribution in [0.2, 0.25) is 10.0 Å². The summed E-state index contributed by atoms with van der Waals surface area (Å²) in [7, 11) is 1.43. The van der Waals surface area contributed by atoms with Gasteiger partial charge in [-0.15, -0.1) is 0 Å². The molecule has 0 aromatic heterocycles. The topological polar surface area (TPSA) is 94.2 Å². The van der Waals surface area contributed by atoms with Crippen molar-refractivity contribution < 1.29 is 28.6 Å². The fraction of sp³-hybridized carbons (Fsp3) is 0.190. The quantitative estimate of drug-likeness (QED) is 0.383. The van der Waals surface area contributed by atoms with Crippen molar-refractivity contribution in [3.8, 4) is 11.5 Å². The van der Waals surface area contributed by atoms with Gasteiger partial charge >= 0.3 is 5.97 Å². The van der Waals surface area contributed by atoms with Gasteiger partial charge in [0, 0.05) is 0 Å². The molecule has 0 aliphatic carbocycles. The third-order valence-corrected chi connectivity index (χ3v) is 4.94. The van der Waals surface area contributed by atoms with Gasteiger partial charge in [-0.25, -0.2) is 9.80 Å². The number of benzene rings is 2. The van der Waals surface area contributed by atoms with E-state index in [9.17, 15) is 14.4 Å². The fourth-order valence-electron chi connectivity index (χ4n) is 2.76. The van der Waals surface area contributed by atoms with E-state index in [1.54, 1.807) is 31.2 Å². The zero-order valence-electron chi connectivity index (χ0n) is 16.6. The lowest BCUT2D eigenvalue weighted by atomic mass is 10.1. The number of carbonyl (C=O) groups is 3. The number of nitrogens with one attached hydrogen (secondary N) is 1. The van der Waals surface area contributed by atoms with E-state index in [0.717, 1.165) is 5.01 Å². The normalized spacial score (nSPS) is 14.6. The minimum Gasteiger partial charge on any atom is -0.493 e. The Balaban J connectivity index is 1.82. The van der Waals surface area contributed by atoms with Gasteiger partial charge in [-0.2, -0.15) is 0 Å². The predicted molar refractivity (Wildman–Crippen MR) is 115 cm³/mol. The molecule has 1 heterocycles. The van der Waals surface area contributed by atoms with Crippen molar-refractivity contribution in [3.05, 3.63) is 57.6 Å². The van der Waals surface area contributed by atoms with Crippen molar-refractivity contribution in [3.63, 3.8) is 0 Å². The summed E-state index contributed by atoms with van der Waals surface area (Å²) in [5.41, 5.74) is 3.31. The van der Waals surface area contributed by atoms with E-state index in [-0.39, 0.29) is 23.8 Å². The van der Waals surface area contributed by atoms with Crippen LogP contribution in [0.1, 0.15) is 12.5 Å². The molecule has 2 amide bonds. The molecule has 1 fully saturated rings. The summed E-state index contributed by atoms with van der Waals surface area (Å²) in [5.74, 6) is -0.989. The number of anilines is 1. The number of halogens is 2. The van der Waals surface area contributed by atoms with E-state index in [2.05, 4.69) is 5.43 Å². The standard InChI is InChI=1S/C21H18Cl2N2O6/c1-3-30-19(26)11-31-17-7-4-12(9-18(17)29-2)8-14-20(27)24-25(21(14)28)13-5-6-15(22)16(23)10-13/h4-10H,3,11H2,1-2H3,(H,24,27). The predicted octanol–water partition coefficient (Wildman–Crippen LogP) is 3.41. The summed E-state index contributed by atoms with van der Waals surface area (Å²) in [4.78, 5) is 36.6. The Morgan fingerprint density at radius 1 is 1.10 bits per heavy atom. The van der Waals surface area contributed by atoms with E-state index in [4.69, 9.17) is 37.4 Å². The Morgan fingerprint density at radius 2 is 1.87 bits per heavy atom. The van der Waals surface area contributed by atoms with Crippen molar-refractivity contribution in [2.75, 3.05) is 25.3 Å². The molecule has 10 heteroatoms. The highest BCUT2D eigenvalue weighted by atomic mass is 35.5. The molecule has 1 aliphatic rings. The molecule has 3 rings (SSSR count). The summed E-state index contributed by atoms with van der Waals surface area (Å²) < 4.78 is 15.5. The third-order valence-electron chi connectivity index (χ3n) is 4.20. The Hall–Kier alpha value is -3.23. The van der Waals surface area contributed by atoms with Gasteiger partial charge in [0.2, 0.25) is 0 Å². The Bertz CT molecular complexity index is 1070. The molecule has 1 aliphatic heterocycles. The number of hydrogen-bond donors (Lipinski definition) is 1. The molecule has 0 saturated carbocycles. The van der Waals surface area contributed by atoms with Gasteiger partial charge in [-0.1, -0.05) is 29.3 Å². The van der Waals surface area contributed by atoms with Crippen LogP contribution >= 0.6 is 23.2 Å².